The van der Waals surface area contributed by atoms with E-state index in [0.29, 0.717) is 16.4 Å². The Morgan fingerprint density at radius 2 is 2.00 bits per heavy atom. The molecular weight excluding hydrogens is 251 g/mol. The molecule has 0 aliphatic rings. The van der Waals surface area contributed by atoms with Crippen LogP contribution >= 0.6 is 11.6 Å². The topological polar surface area (TPSA) is 28.7 Å². The second-order valence-corrected chi connectivity index (χ2v) is 4.67. The Morgan fingerprint density at radius 3 is 2.78 bits per heavy atom. The highest BCUT2D eigenvalue weighted by molar-refractivity contribution is 6.31. The number of benzene rings is 2. The molecule has 1 heterocycles. The fourth-order valence-corrected chi connectivity index (χ4v) is 2.09. The number of rotatable bonds is 1. The van der Waals surface area contributed by atoms with Crippen LogP contribution in [0.15, 0.2) is 36.4 Å². The molecule has 2 nitrogen and oxygen atoms in total. The van der Waals surface area contributed by atoms with E-state index in [9.17, 15) is 4.39 Å². The number of nitrogens with one attached hydrogen (secondary N) is 1. The molecule has 1 aromatic heterocycles. The average molecular weight is 261 g/mol. The Kier molecular flexibility index (Phi) is 2.56. The molecule has 0 atom stereocenters. The molecule has 90 valence electrons. The highest BCUT2D eigenvalue weighted by Crippen LogP contribution is 2.25. The Labute approximate surface area is 108 Å². The molecule has 0 radical (unpaired) electrons. The number of aromatic amines is 1. The number of aryl methyl sites for hydroxylation is 1. The molecule has 3 rings (SSSR count). The van der Waals surface area contributed by atoms with Crippen molar-refractivity contribution in [3.8, 4) is 11.4 Å². The van der Waals surface area contributed by atoms with Gasteiger partial charge in [-0.05, 0) is 42.8 Å². The van der Waals surface area contributed by atoms with E-state index >= 15 is 0 Å². The third-order valence-electron chi connectivity index (χ3n) is 2.82. The van der Waals surface area contributed by atoms with Crippen LogP contribution in [0.5, 0.6) is 0 Å². The van der Waals surface area contributed by atoms with E-state index in [1.54, 1.807) is 18.2 Å². The maximum atomic E-state index is 13.9. The summed E-state index contributed by atoms with van der Waals surface area (Å²) in [7, 11) is 0. The number of hydrogen-bond acceptors (Lipinski definition) is 1. The highest BCUT2D eigenvalue weighted by Gasteiger charge is 2.10. The van der Waals surface area contributed by atoms with Crippen LogP contribution in [0.2, 0.25) is 5.02 Å². The van der Waals surface area contributed by atoms with Crippen molar-refractivity contribution in [3.05, 3.63) is 52.8 Å². The van der Waals surface area contributed by atoms with E-state index in [-0.39, 0.29) is 5.82 Å². The summed E-state index contributed by atoms with van der Waals surface area (Å²) in [6, 6.07) is 10.4. The van der Waals surface area contributed by atoms with E-state index in [0.717, 1.165) is 16.6 Å². The minimum Gasteiger partial charge on any atom is -0.338 e. The number of fused-ring (bicyclic) bond motifs is 1. The van der Waals surface area contributed by atoms with Gasteiger partial charge in [-0.2, -0.15) is 0 Å². The zero-order chi connectivity index (χ0) is 12.7. The summed E-state index contributed by atoms with van der Waals surface area (Å²) in [4.78, 5) is 7.44. The molecule has 0 spiro atoms. The maximum absolute atomic E-state index is 13.9. The van der Waals surface area contributed by atoms with Crippen molar-refractivity contribution < 1.29 is 4.39 Å². The molecule has 0 aliphatic heterocycles. The summed E-state index contributed by atoms with van der Waals surface area (Å²) in [6.07, 6.45) is 0. The van der Waals surface area contributed by atoms with E-state index in [4.69, 9.17) is 11.6 Å². The van der Waals surface area contributed by atoms with Gasteiger partial charge in [0.15, 0.2) is 0 Å². The second-order valence-electron chi connectivity index (χ2n) is 4.23. The Hall–Kier alpha value is -1.87. The van der Waals surface area contributed by atoms with Crippen LogP contribution < -0.4 is 0 Å². The van der Waals surface area contributed by atoms with Crippen LogP contribution in [0, 0.1) is 12.7 Å². The summed E-state index contributed by atoms with van der Waals surface area (Å²) in [5.41, 5.74) is 2.93. The van der Waals surface area contributed by atoms with Gasteiger partial charge in [0.2, 0.25) is 0 Å². The van der Waals surface area contributed by atoms with Crippen molar-refractivity contribution in [2.24, 2.45) is 0 Å². The van der Waals surface area contributed by atoms with Gasteiger partial charge in [0.05, 0.1) is 16.6 Å². The summed E-state index contributed by atoms with van der Waals surface area (Å²) in [5.74, 6) is 0.241. The summed E-state index contributed by atoms with van der Waals surface area (Å²) < 4.78 is 13.9. The molecule has 1 N–H and O–H groups in total. The number of halogens is 2. The first-order valence-corrected chi connectivity index (χ1v) is 5.93. The molecule has 0 amide bonds. The first kappa shape index (κ1) is 11.2. The van der Waals surface area contributed by atoms with Crippen LogP contribution in [0.25, 0.3) is 22.4 Å². The summed E-state index contributed by atoms with van der Waals surface area (Å²) >= 11 is 5.90. The number of aromatic nitrogens is 2. The van der Waals surface area contributed by atoms with Crippen molar-refractivity contribution >= 4 is 22.6 Å². The lowest BCUT2D eigenvalue weighted by molar-refractivity contribution is 0.629. The molecule has 0 saturated carbocycles. The Morgan fingerprint density at radius 1 is 1.17 bits per heavy atom. The number of imidazole rings is 1. The van der Waals surface area contributed by atoms with E-state index in [1.165, 1.54) is 6.07 Å². The zero-order valence-corrected chi connectivity index (χ0v) is 10.4. The first-order valence-electron chi connectivity index (χ1n) is 5.55. The fourth-order valence-electron chi connectivity index (χ4n) is 1.92. The fraction of sp³-hybridized carbons (Fsp3) is 0.0714. The van der Waals surface area contributed by atoms with Crippen LogP contribution in [0.1, 0.15) is 5.56 Å². The lowest BCUT2D eigenvalue weighted by Gasteiger charge is -2.00. The summed E-state index contributed by atoms with van der Waals surface area (Å²) in [6.45, 7) is 1.85. The Bertz CT molecular complexity index is 734. The first-order chi connectivity index (χ1) is 8.63. The van der Waals surface area contributed by atoms with Gasteiger partial charge in [-0.25, -0.2) is 9.37 Å². The van der Waals surface area contributed by atoms with Gasteiger partial charge in [-0.3, -0.25) is 0 Å². The predicted octanol–water partition coefficient (Wildman–Crippen LogP) is 4.33. The monoisotopic (exact) mass is 260 g/mol. The SMILES string of the molecule is Cc1ccc(-c2nc3ccc(Cl)cc3[nH]2)c(F)c1. The van der Waals surface area contributed by atoms with Gasteiger partial charge in [-0.1, -0.05) is 17.7 Å². The van der Waals surface area contributed by atoms with E-state index < -0.39 is 0 Å². The molecule has 0 saturated heterocycles. The number of hydrogen-bond donors (Lipinski definition) is 1. The van der Waals surface area contributed by atoms with Gasteiger partial charge in [-0.15, -0.1) is 0 Å². The van der Waals surface area contributed by atoms with Crippen LogP contribution in [0.4, 0.5) is 4.39 Å². The highest BCUT2D eigenvalue weighted by atomic mass is 35.5. The molecular formula is C14H10ClFN2. The van der Waals surface area contributed by atoms with E-state index in [2.05, 4.69) is 9.97 Å². The predicted molar refractivity (Wildman–Crippen MR) is 71.2 cm³/mol. The Balaban J connectivity index is 2.19. The maximum Gasteiger partial charge on any atom is 0.141 e. The van der Waals surface area contributed by atoms with Crippen molar-refractivity contribution in [3.63, 3.8) is 0 Å². The molecule has 0 aliphatic carbocycles. The number of H-pyrrole nitrogens is 1. The zero-order valence-electron chi connectivity index (χ0n) is 9.67. The van der Waals surface area contributed by atoms with Gasteiger partial charge < -0.3 is 4.98 Å². The molecule has 4 heteroatoms. The quantitative estimate of drug-likeness (QED) is 0.693. The lowest BCUT2D eigenvalue weighted by atomic mass is 10.1. The third kappa shape index (κ3) is 1.87. The van der Waals surface area contributed by atoms with Crippen molar-refractivity contribution in [1.29, 1.82) is 0 Å². The van der Waals surface area contributed by atoms with Gasteiger partial charge in [0.1, 0.15) is 11.6 Å². The van der Waals surface area contributed by atoms with Crippen molar-refractivity contribution in [2.45, 2.75) is 6.92 Å². The van der Waals surface area contributed by atoms with Crippen molar-refractivity contribution in [2.75, 3.05) is 0 Å². The van der Waals surface area contributed by atoms with Gasteiger partial charge in [0.25, 0.3) is 0 Å². The molecule has 0 unspecified atom stereocenters. The lowest BCUT2D eigenvalue weighted by Crippen LogP contribution is -1.87. The third-order valence-corrected chi connectivity index (χ3v) is 3.06. The average Bonchev–Trinajstić information content (AvgIpc) is 2.71. The molecule has 0 fully saturated rings. The molecule has 18 heavy (non-hydrogen) atoms. The van der Waals surface area contributed by atoms with Crippen LogP contribution in [0.3, 0.4) is 0 Å². The van der Waals surface area contributed by atoms with Gasteiger partial charge in [0, 0.05) is 5.02 Å². The van der Waals surface area contributed by atoms with E-state index in [1.807, 2.05) is 19.1 Å². The second kappa shape index (κ2) is 4.10. The normalized spacial score (nSPS) is 11.1. The van der Waals surface area contributed by atoms with Crippen molar-refractivity contribution in [1.82, 2.24) is 9.97 Å². The minimum atomic E-state index is -0.278. The standard InChI is InChI=1S/C14H10ClFN2/c1-8-2-4-10(11(16)6-8)14-17-12-5-3-9(15)7-13(12)18-14/h2-7H,1H3,(H,17,18). The van der Waals surface area contributed by atoms with Gasteiger partial charge >= 0.3 is 0 Å². The molecule has 0 bridgehead atoms. The smallest absolute Gasteiger partial charge is 0.141 e. The minimum absolute atomic E-state index is 0.278. The summed E-state index contributed by atoms with van der Waals surface area (Å²) in [5, 5.41) is 0.627. The number of nitrogens with zero attached hydrogens (tertiary/aromatic N) is 1. The molecule has 3 aromatic rings. The largest absolute Gasteiger partial charge is 0.338 e. The van der Waals surface area contributed by atoms with Crippen LogP contribution in [-0.4, -0.2) is 9.97 Å². The van der Waals surface area contributed by atoms with Crippen LogP contribution in [-0.2, 0) is 0 Å². The molecule has 2 aromatic carbocycles.